The van der Waals surface area contributed by atoms with Crippen molar-refractivity contribution in [2.45, 2.75) is 25.7 Å². The molecule has 3 aromatic rings. The van der Waals surface area contributed by atoms with Crippen LogP contribution in [0.3, 0.4) is 0 Å². The highest BCUT2D eigenvalue weighted by molar-refractivity contribution is 5.94. The summed E-state index contributed by atoms with van der Waals surface area (Å²) in [6.07, 6.45) is 4.06. The van der Waals surface area contributed by atoms with Gasteiger partial charge in [-0.3, -0.25) is 4.79 Å². The number of nitrogens with zero attached hydrogens (tertiary/aromatic N) is 5. The van der Waals surface area contributed by atoms with Gasteiger partial charge in [-0.1, -0.05) is 22.9 Å². The van der Waals surface area contributed by atoms with Crippen molar-refractivity contribution in [2.24, 2.45) is 0 Å². The zero-order valence-electron chi connectivity index (χ0n) is 16.4. The molecule has 1 aliphatic heterocycles. The number of piperazine rings is 1. The van der Waals surface area contributed by atoms with Gasteiger partial charge in [0.15, 0.2) is 0 Å². The molecule has 7 nitrogen and oxygen atoms in total. The summed E-state index contributed by atoms with van der Waals surface area (Å²) in [5.41, 5.74) is 2.76. The highest BCUT2D eigenvalue weighted by Crippen LogP contribution is 2.39. The molecule has 0 N–H and O–H groups in total. The van der Waals surface area contributed by atoms with Gasteiger partial charge in [-0.2, -0.15) is 4.98 Å². The van der Waals surface area contributed by atoms with Crippen LogP contribution in [0, 0.1) is 6.92 Å². The average Bonchev–Trinajstić information content (AvgIpc) is 3.51. The lowest BCUT2D eigenvalue weighted by Gasteiger charge is -2.35. The van der Waals surface area contributed by atoms with Crippen LogP contribution in [0.15, 0.2) is 47.1 Å². The third-order valence-electron chi connectivity index (χ3n) is 5.56. The van der Waals surface area contributed by atoms with E-state index in [1.54, 1.807) is 6.20 Å². The van der Waals surface area contributed by atoms with E-state index in [1.807, 2.05) is 48.2 Å². The van der Waals surface area contributed by atoms with Crippen molar-refractivity contribution in [2.75, 3.05) is 31.1 Å². The van der Waals surface area contributed by atoms with Gasteiger partial charge in [0.25, 0.3) is 5.91 Å². The molecule has 1 saturated carbocycles. The molecule has 0 unspecified atom stereocenters. The number of carbonyl (C=O) groups is 1. The van der Waals surface area contributed by atoms with Gasteiger partial charge in [0.05, 0.1) is 0 Å². The van der Waals surface area contributed by atoms with Gasteiger partial charge in [0.2, 0.25) is 11.7 Å². The number of pyridine rings is 1. The Hall–Kier alpha value is -3.22. The van der Waals surface area contributed by atoms with Crippen LogP contribution in [0.25, 0.3) is 11.4 Å². The summed E-state index contributed by atoms with van der Waals surface area (Å²) >= 11 is 0. The first-order valence-electron chi connectivity index (χ1n) is 10.1. The zero-order chi connectivity index (χ0) is 19.8. The molecule has 1 aromatic carbocycles. The zero-order valence-corrected chi connectivity index (χ0v) is 16.4. The minimum atomic E-state index is 0.0940. The summed E-state index contributed by atoms with van der Waals surface area (Å²) in [6.45, 7) is 4.92. The van der Waals surface area contributed by atoms with Crippen molar-refractivity contribution in [3.05, 3.63) is 59.6 Å². The van der Waals surface area contributed by atoms with E-state index in [0.717, 1.165) is 54.3 Å². The number of hydrogen-bond donors (Lipinski definition) is 0. The topological polar surface area (TPSA) is 75.4 Å². The van der Waals surface area contributed by atoms with Crippen LogP contribution in [-0.4, -0.2) is 52.1 Å². The lowest BCUT2D eigenvalue weighted by Crippen LogP contribution is -2.49. The molecule has 148 valence electrons. The molecule has 1 amide bonds. The SMILES string of the molecule is Cc1ccc(C(=O)N2CCN(c3ccc(-c4noc(C5CC5)n4)cn3)CC2)cc1. The molecular formula is C22H23N5O2. The molecule has 2 aromatic heterocycles. The number of aryl methyl sites for hydroxylation is 1. The predicted octanol–water partition coefficient (Wildman–Crippen LogP) is 3.28. The molecule has 0 radical (unpaired) electrons. The number of carbonyl (C=O) groups excluding carboxylic acids is 1. The second-order valence-corrected chi connectivity index (χ2v) is 7.78. The normalized spacial score (nSPS) is 16.9. The number of anilines is 1. The van der Waals surface area contributed by atoms with Gasteiger partial charge >= 0.3 is 0 Å². The van der Waals surface area contributed by atoms with E-state index in [9.17, 15) is 4.79 Å². The standard InChI is InChI=1S/C22H23N5O2/c1-15-2-4-17(5-3-15)22(28)27-12-10-26(11-13-27)19-9-8-18(14-23-19)20-24-21(29-25-20)16-6-7-16/h2-5,8-9,14,16H,6-7,10-13H2,1H3. The van der Waals surface area contributed by atoms with Crippen LogP contribution in [0.2, 0.25) is 0 Å². The summed E-state index contributed by atoms with van der Waals surface area (Å²) in [4.78, 5) is 25.9. The predicted molar refractivity (Wildman–Crippen MR) is 109 cm³/mol. The fourth-order valence-electron chi connectivity index (χ4n) is 3.57. The van der Waals surface area contributed by atoms with Crippen LogP contribution in [0.4, 0.5) is 5.82 Å². The van der Waals surface area contributed by atoms with E-state index in [1.165, 1.54) is 0 Å². The maximum atomic E-state index is 12.7. The Labute approximate surface area is 169 Å². The quantitative estimate of drug-likeness (QED) is 0.682. The Morgan fingerprint density at radius 2 is 1.79 bits per heavy atom. The Balaban J connectivity index is 1.21. The highest BCUT2D eigenvalue weighted by atomic mass is 16.5. The van der Waals surface area contributed by atoms with Gasteiger partial charge in [-0.25, -0.2) is 4.98 Å². The Bertz CT molecular complexity index is 1000. The lowest BCUT2D eigenvalue weighted by atomic mass is 10.1. The Morgan fingerprint density at radius 1 is 1.03 bits per heavy atom. The van der Waals surface area contributed by atoms with Crippen LogP contribution in [0.5, 0.6) is 0 Å². The minimum Gasteiger partial charge on any atom is -0.353 e. The van der Waals surface area contributed by atoms with E-state index in [-0.39, 0.29) is 5.91 Å². The van der Waals surface area contributed by atoms with Gasteiger partial charge in [-0.05, 0) is 44.0 Å². The second kappa shape index (κ2) is 7.31. The third kappa shape index (κ3) is 3.72. The molecular weight excluding hydrogens is 366 g/mol. The first kappa shape index (κ1) is 17.8. The molecule has 2 aliphatic rings. The van der Waals surface area contributed by atoms with Crippen molar-refractivity contribution in [3.63, 3.8) is 0 Å². The maximum absolute atomic E-state index is 12.7. The van der Waals surface area contributed by atoms with Crippen LogP contribution >= 0.6 is 0 Å². The van der Waals surface area contributed by atoms with Gasteiger partial charge in [-0.15, -0.1) is 0 Å². The number of rotatable bonds is 4. The van der Waals surface area contributed by atoms with Crippen molar-refractivity contribution < 1.29 is 9.32 Å². The van der Waals surface area contributed by atoms with Gasteiger partial charge in [0.1, 0.15) is 5.82 Å². The second-order valence-electron chi connectivity index (χ2n) is 7.78. The highest BCUT2D eigenvalue weighted by Gasteiger charge is 2.30. The van der Waals surface area contributed by atoms with Gasteiger partial charge < -0.3 is 14.3 Å². The van der Waals surface area contributed by atoms with Crippen LogP contribution in [-0.2, 0) is 0 Å². The third-order valence-corrected chi connectivity index (χ3v) is 5.56. The summed E-state index contributed by atoms with van der Waals surface area (Å²) in [5, 5.41) is 4.07. The number of benzene rings is 1. The molecule has 29 heavy (non-hydrogen) atoms. The monoisotopic (exact) mass is 389 g/mol. The first-order chi connectivity index (χ1) is 14.2. The number of amides is 1. The van der Waals surface area contributed by atoms with E-state index < -0.39 is 0 Å². The molecule has 0 bridgehead atoms. The minimum absolute atomic E-state index is 0.0940. The van der Waals surface area contributed by atoms with Crippen LogP contribution in [0.1, 0.15) is 40.6 Å². The van der Waals surface area contributed by atoms with E-state index in [4.69, 9.17) is 4.52 Å². The summed E-state index contributed by atoms with van der Waals surface area (Å²) in [6, 6.07) is 11.7. The summed E-state index contributed by atoms with van der Waals surface area (Å²) in [7, 11) is 0. The molecule has 2 fully saturated rings. The largest absolute Gasteiger partial charge is 0.353 e. The fraction of sp³-hybridized carbons (Fsp3) is 0.364. The fourth-order valence-corrected chi connectivity index (χ4v) is 3.57. The van der Waals surface area contributed by atoms with E-state index in [0.29, 0.717) is 24.8 Å². The Kier molecular flexibility index (Phi) is 4.50. The molecule has 5 rings (SSSR count). The number of aromatic nitrogens is 3. The number of hydrogen-bond acceptors (Lipinski definition) is 6. The van der Waals surface area contributed by atoms with Crippen molar-refractivity contribution in [1.82, 2.24) is 20.0 Å². The average molecular weight is 389 g/mol. The molecule has 0 spiro atoms. The van der Waals surface area contributed by atoms with E-state index >= 15 is 0 Å². The molecule has 1 saturated heterocycles. The van der Waals surface area contributed by atoms with Crippen molar-refractivity contribution in [3.8, 4) is 11.4 Å². The summed E-state index contributed by atoms with van der Waals surface area (Å²) in [5.74, 6) is 2.78. The molecule has 3 heterocycles. The molecule has 7 heteroatoms. The van der Waals surface area contributed by atoms with Crippen LogP contribution < -0.4 is 4.90 Å². The van der Waals surface area contributed by atoms with Crippen molar-refractivity contribution in [1.29, 1.82) is 0 Å². The smallest absolute Gasteiger partial charge is 0.253 e. The summed E-state index contributed by atoms with van der Waals surface area (Å²) < 4.78 is 5.33. The molecule has 0 atom stereocenters. The Morgan fingerprint density at radius 3 is 2.45 bits per heavy atom. The lowest BCUT2D eigenvalue weighted by molar-refractivity contribution is 0.0746. The van der Waals surface area contributed by atoms with Crippen molar-refractivity contribution >= 4 is 11.7 Å². The van der Waals surface area contributed by atoms with Gasteiger partial charge in [0, 0.05) is 49.4 Å². The van der Waals surface area contributed by atoms with E-state index in [2.05, 4.69) is 20.0 Å². The maximum Gasteiger partial charge on any atom is 0.253 e. The molecule has 1 aliphatic carbocycles. The first-order valence-corrected chi connectivity index (χ1v) is 10.1.